The number of nitro groups is 1. The van der Waals surface area contributed by atoms with Crippen molar-refractivity contribution in [1.29, 1.82) is 0 Å². The molecule has 0 bridgehead atoms. The molecule has 0 aliphatic heterocycles. The van der Waals surface area contributed by atoms with Crippen molar-refractivity contribution in [3.8, 4) is 5.75 Å². The van der Waals surface area contributed by atoms with Crippen LogP contribution in [0.4, 0.5) is 23.2 Å². The Balaban J connectivity index is 3.15. The summed E-state index contributed by atoms with van der Waals surface area (Å²) in [5, 5.41) is 10.4. The highest BCUT2D eigenvalue weighted by Gasteiger charge is 2.34. The normalized spacial score (nSPS) is 11.2. The Kier molecular flexibility index (Phi) is 3.31. The smallest absolute Gasteiger partial charge is 0.398 e. The van der Waals surface area contributed by atoms with Crippen LogP contribution < -0.4 is 4.74 Å². The highest BCUT2D eigenvalue weighted by Crippen LogP contribution is 2.32. The Labute approximate surface area is 86.6 Å². The van der Waals surface area contributed by atoms with Crippen molar-refractivity contribution in [2.75, 3.05) is 0 Å². The molecule has 0 atom stereocenters. The fraction of sp³-hybridized carbons (Fsp3) is 0.250. The van der Waals surface area contributed by atoms with Crippen LogP contribution in [-0.2, 0) is 6.67 Å². The van der Waals surface area contributed by atoms with E-state index in [9.17, 15) is 27.7 Å². The second kappa shape index (κ2) is 4.33. The first-order valence-electron chi connectivity index (χ1n) is 3.92. The molecular formula is C8H5F4NO3. The van der Waals surface area contributed by atoms with Gasteiger partial charge in [-0.2, -0.15) is 0 Å². The first-order valence-corrected chi connectivity index (χ1v) is 3.92. The molecule has 8 heteroatoms. The van der Waals surface area contributed by atoms with Gasteiger partial charge < -0.3 is 4.74 Å². The molecule has 0 amide bonds. The van der Waals surface area contributed by atoms with E-state index < -0.39 is 29.4 Å². The zero-order chi connectivity index (χ0) is 12.3. The molecular weight excluding hydrogens is 234 g/mol. The summed E-state index contributed by atoms with van der Waals surface area (Å²) in [6.45, 7) is -1.04. The molecule has 0 fully saturated rings. The molecule has 0 radical (unpaired) electrons. The molecule has 0 heterocycles. The van der Waals surface area contributed by atoms with Gasteiger partial charge in [-0.3, -0.25) is 10.1 Å². The zero-order valence-corrected chi connectivity index (χ0v) is 7.62. The molecule has 4 nitrogen and oxygen atoms in total. The molecule has 0 aliphatic rings. The number of benzene rings is 1. The van der Waals surface area contributed by atoms with Gasteiger partial charge in [0.15, 0.2) is 0 Å². The van der Waals surface area contributed by atoms with Crippen LogP contribution in [0.25, 0.3) is 0 Å². The lowest BCUT2D eigenvalue weighted by molar-refractivity contribution is -0.388. The summed E-state index contributed by atoms with van der Waals surface area (Å²) in [5.74, 6) is -1.02. The molecule has 0 unspecified atom stereocenters. The maximum atomic E-state index is 12.2. The first-order chi connectivity index (χ1) is 7.33. The van der Waals surface area contributed by atoms with E-state index in [0.29, 0.717) is 6.07 Å². The largest absolute Gasteiger partial charge is 0.573 e. The number of nitro benzene ring substituents is 1. The molecule has 0 aromatic heterocycles. The highest BCUT2D eigenvalue weighted by molar-refractivity contribution is 5.48. The van der Waals surface area contributed by atoms with Crippen LogP contribution in [0.2, 0.25) is 0 Å². The van der Waals surface area contributed by atoms with Crippen molar-refractivity contribution in [2.24, 2.45) is 0 Å². The number of alkyl halides is 4. The molecule has 0 N–H and O–H groups in total. The molecule has 1 aromatic carbocycles. The number of rotatable bonds is 3. The SMILES string of the molecule is O=[N+]([O-])c1ccc(CF)cc1OC(F)(F)F. The van der Waals surface area contributed by atoms with Crippen molar-refractivity contribution in [3.63, 3.8) is 0 Å². The van der Waals surface area contributed by atoms with Crippen LogP contribution >= 0.6 is 0 Å². The van der Waals surface area contributed by atoms with Gasteiger partial charge in [0.05, 0.1) is 4.92 Å². The fourth-order valence-corrected chi connectivity index (χ4v) is 0.999. The first kappa shape index (κ1) is 12.2. The van der Waals surface area contributed by atoms with Crippen LogP contribution in [0.15, 0.2) is 18.2 Å². The van der Waals surface area contributed by atoms with E-state index >= 15 is 0 Å². The van der Waals surface area contributed by atoms with Crippen molar-refractivity contribution in [3.05, 3.63) is 33.9 Å². The number of nitrogens with zero attached hydrogens (tertiary/aromatic N) is 1. The number of halogens is 4. The highest BCUT2D eigenvalue weighted by atomic mass is 19.4. The summed E-state index contributed by atoms with van der Waals surface area (Å²) in [6.07, 6.45) is -5.06. The van der Waals surface area contributed by atoms with E-state index in [4.69, 9.17) is 0 Å². The predicted molar refractivity (Wildman–Crippen MR) is 44.6 cm³/mol. The fourth-order valence-electron chi connectivity index (χ4n) is 0.999. The standard InChI is InChI=1S/C8H5F4NO3/c9-4-5-1-2-6(13(14)15)7(3-5)16-8(10,11)12/h1-3H,4H2. The maximum Gasteiger partial charge on any atom is 0.573 e. The Morgan fingerprint density at radius 3 is 2.44 bits per heavy atom. The van der Waals surface area contributed by atoms with Gasteiger partial charge in [0.25, 0.3) is 0 Å². The Hall–Kier alpha value is -1.86. The number of hydrogen-bond donors (Lipinski definition) is 0. The molecule has 1 rings (SSSR count). The second-order valence-corrected chi connectivity index (χ2v) is 2.74. The third kappa shape index (κ3) is 3.07. The summed E-state index contributed by atoms with van der Waals surface area (Å²) in [6, 6.07) is 2.42. The summed E-state index contributed by atoms with van der Waals surface area (Å²) >= 11 is 0. The monoisotopic (exact) mass is 239 g/mol. The lowest BCUT2D eigenvalue weighted by Crippen LogP contribution is -2.18. The van der Waals surface area contributed by atoms with E-state index in [2.05, 4.69) is 4.74 Å². The van der Waals surface area contributed by atoms with Crippen molar-refractivity contribution < 1.29 is 27.2 Å². The van der Waals surface area contributed by atoms with Crippen LogP contribution in [0, 0.1) is 10.1 Å². The van der Waals surface area contributed by atoms with Gasteiger partial charge in [-0.1, -0.05) is 0 Å². The molecule has 1 aromatic rings. The van der Waals surface area contributed by atoms with Crippen LogP contribution in [0.5, 0.6) is 5.75 Å². The van der Waals surface area contributed by atoms with E-state index in [0.717, 1.165) is 12.1 Å². The summed E-state index contributed by atoms with van der Waals surface area (Å²) < 4.78 is 51.2. The molecule has 88 valence electrons. The van der Waals surface area contributed by atoms with E-state index in [-0.39, 0.29) is 5.56 Å². The Morgan fingerprint density at radius 1 is 1.38 bits per heavy atom. The number of hydrogen-bond acceptors (Lipinski definition) is 3. The minimum absolute atomic E-state index is 0.134. The van der Waals surface area contributed by atoms with Crippen molar-refractivity contribution in [1.82, 2.24) is 0 Å². The average molecular weight is 239 g/mol. The zero-order valence-electron chi connectivity index (χ0n) is 7.62. The Bertz CT molecular complexity index is 405. The van der Waals surface area contributed by atoms with Gasteiger partial charge in [-0.25, -0.2) is 4.39 Å². The van der Waals surface area contributed by atoms with Gasteiger partial charge in [-0.05, 0) is 17.7 Å². The third-order valence-corrected chi connectivity index (χ3v) is 1.60. The average Bonchev–Trinajstić information content (AvgIpc) is 2.14. The van der Waals surface area contributed by atoms with Gasteiger partial charge in [-0.15, -0.1) is 13.2 Å². The van der Waals surface area contributed by atoms with Crippen LogP contribution in [0.3, 0.4) is 0 Å². The number of ether oxygens (including phenoxy) is 1. The maximum absolute atomic E-state index is 12.2. The van der Waals surface area contributed by atoms with E-state index in [1.807, 2.05) is 0 Å². The van der Waals surface area contributed by atoms with Crippen molar-refractivity contribution >= 4 is 5.69 Å². The lowest BCUT2D eigenvalue weighted by Gasteiger charge is -2.09. The molecule has 0 aliphatic carbocycles. The Morgan fingerprint density at radius 2 is 2.00 bits per heavy atom. The molecule has 16 heavy (non-hydrogen) atoms. The molecule has 0 saturated carbocycles. The topological polar surface area (TPSA) is 52.4 Å². The molecule has 0 spiro atoms. The van der Waals surface area contributed by atoms with Gasteiger partial charge in [0.2, 0.25) is 5.75 Å². The summed E-state index contributed by atoms with van der Waals surface area (Å²) in [5.41, 5.74) is -1.00. The van der Waals surface area contributed by atoms with Crippen LogP contribution in [-0.4, -0.2) is 11.3 Å². The lowest BCUT2D eigenvalue weighted by atomic mass is 10.2. The van der Waals surface area contributed by atoms with E-state index in [1.165, 1.54) is 0 Å². The van der Waals surface area contributed by atoms with Crippen LogP contribution in [0.1, 0.15) is 5.56 Å². The van der Waals surface area contributed by atoms with E-state index in [1.54, 1.807) is 0 Å². The minimum atomic E-state index is -5.06. The van der Waals surface area contributed by atoms with Gasteiger partial charge in [0, 0.05) is 6.07 Å². The van der Waals surface area contributed by atoms with Gasteiger partial charge >= 0.3 is 12.0 Å². The van der Waals surface area contributed by atoms with Crippen molar-refractivity contribution in [2.45, 2.75) is 13.0 Å². The predicted octanol–water partition coefficient (Wildman–Crippen LogP) is 2.96. The summed E-state index contributed by atoms with van der Waals surface area (Å²) in [7, 11) is 0. The third-order valence-electron chi connectivity index (χ3n) is 1.60. The second-order valence-electron chi connectivity index (χ2n) is 2.74. The molecule has 0 saturated heterocycles. The summed E-state index contributed by atoms with van der Waals surface area (Å²) in [4.78, 5) is 9.33. The minimum Gasteiger partial charge on any atom is -0.398 e. The van der Waals surface area contributed by atoms with Gasteiger partial charge in [0.1, 0.15) is 6.67 Å². The quantitative estimate of drug-likeness (QED) is 0.463.